The molecule has 0 aliphatic heterocycles. The predicted molar refractivity (Wildman–Crippen MR) is 80.8 cm³/mol. The molecule has 1 unspecified atom stereocenters. The van der Waals surface area contributed by atoms with Crippen LogP contribution in [0.25, 0.3) is 0 Å². The Bertz CT molecular complexity index is 611. The number of para-hydroxylation sites is 3. The van der Waals surface area contributed by atoms with Gasteiger partial charge in [-0.3, -0.25) is 4.79 Å². The Balaban J connectivity index is 2.03. The molecule has 2 aromatic rings. The van der Waals surface area contributed by atoms with Gasteiger partial charge in [0.15, 0.2) is 6.10 Å². The van der Waals surface area contributed by atoms with E-state index in [1.54, 1.807) is 19.1 Å². The molecule has 0 fully saturated rings. The molecule has 0 radical (unpaired) electrons. The summed E-state index contributed by atoms with van der Waals surface area (Å²) in [6, 6.07) is 14.7. The largest absolute Gasteiger partial charge is 0.479 e. The number of benzene rings is 2. The third kappa shape index (κ3) is 3.29. The molecule has 2 rings (SSSR count). The minimum atomic E-state index is -0.626. The molecule has 0 aliphatic rings. The van der Waals surface area contributed by atoms with Crippen LogP contribution in [0.2, 0.25) is 0 Å². The number of ether oxygens (including phenoxy) is 1. The minimum Gasteiger partial charge on any atom is -0.479 e. The molecule has 0 aliphatic carbocycles. The number of carbonyl (C=O) groups excluding carboxylic acids is 1. The first-order valence-corrected chi connectivity index (χ1v) is 6.45. The summed E-state index contributed by atoms with van der Waals surface area (Å²) >= 11 is 0. The van der Waals surface area contributed by atoms with Crippen LogP contribution in [0.3, 0.4) is 0 Å². The smallest absolute Gasteiger partial charge is 0.265 e. The molecule has 3 N–H and O–H groups in total. The Labute approximate surface area is 118 Å². The molecular formula is C16H18N2O2. The van der Waals surface area contributed by atoms with E-state index < -0.39 is 6.10 Å². The molecule has 0 heterocycles. The van der Waals surface area contributed by atoms with Crippen LogP contribution in [0, 0.1) is 6.92 Å². The number of nitrogen functional groups attached to an aromatic ring is 1. The highest BCUT2D eigenvalue weighted by Crippen LogP contribution is 2.21. The number of anilines is 2. The van der Waals surface area contributed by atoms with Crippen molar-refractivity contribution in [2.75, 3.05) is 11.1 Å². The van der Waals surface area contributed by atoms with Gasteiger partial charge in [-0.1, -0.05) is 30.3 Å². The van der Waals surface area contributed by atoms with E-state index in [-0.39, 0.29) is 5.91 Å². The van der Waals surface area contributed by atoms with Crippen molar-refractivity contribution in [2.24, 2.45) is 0 Å². The summed E-state index contributed by atoms with van der Waals surface area (Å²) in [6.07, 6.45) is -0.626. The Morgan fingerprint density at radius 1 is 1.15 bits per heavy atom. The van der Waals surface area contributed by atoms with Crippen molar-refractivity contribution in [3.05, 3.63) is 54.1 Å². The van der Waals surface area contributed by atoms with Crippen LogP contribution in [0.5, 0.6) is 5.75 Å². The fourth-order valence-corrected chi connectivity index (χ4v) is 1.78. The minimum absolute atomic E-state index is 0.206. The van der Waals surface area contributed by atoms with Crippen molar-refractivity contribution < 1.29 is 9.53 Å². The highest BCUT2D eigenvalue weighted by Gasteiger charge is 2.16. The Hall–Kier alpha value is -2.49. The third-order valence-corrected chi connectivity index (χ3v) is 2.99. The quantitative estimate of drug-likeness (QED) is 0.839. The van der Waals surface area contributed by atoms with E-state index in [1.165, 1.54) is 0 Å². The van der Waals surface area contributed by atoms with Gasteiger partial charge in [0, 0.05) is 5.69 Å². The van der Waals surface area contributed by atoms with Crippen LogP contribution in [0.4, 0.5) is 11.4 Å². The van der Waals surface area contributed by atoms with Crippen LogP contribution < -0.4 is 15.8 Å². The molecule has 0 saturated carbocycles. The molecule has 1 amide bonds. The number of nitrogens with one attached hydrogen (secondary N) is 1. The number of rotatable bonds is 4. The van der Waals surface area contributed by atoms with E-state index in [0.29, 0.717) is 11.4 Å². The van der Waals surface area contributed by atoms with Crippen LogP contribution in [0.15, 0.2) is 48.5 Å². The van der Waals surface area contributed by atoms with Gasteiger partial charge in [0.25, 0.3) is 5.91 Å². The number of nitrogens with two attached hydrogens (primary N) is 1. The zero-order valence-corrected chi connectivity index (χ0v) is 11.6. The molecule has 0 aromatic heterocycles. The van der Waals surface area contributed by atoms with Gasteiger partial charge in [-0.15, -0.1) is 0 Å². The summed E-state index contributed by atoms with van der Waals surface area (Å²) in [5.74, 6) is 0.308. The van der Waals surface area contributed by atoms with Gasteiger partial charge in [0.2, 0.25) is 0 Å². The maximum atomic E-state index is 12.1. The van der Waals surface area contributed by atoms with Gasteiger partial charge in [0.05, 0.1) is 5.69 Å². The second-order valence-corrected chi connectivity index (χ2v) is 4.60. The standard InChI is InChI=1S/C16H18N2O2/c1-11-7-3-5-9-14(11)18-16(19)12(2)20-15-10-6-4-8-13(15)17/h3-10,12H,17H2,1-2H3,(H,18,19). The van der Waals surface area contributed by atoms with E-state index in [4.69, 9.17) is 10.5 Å². The maximum absolute atomic E-state index is 12.1. The molecule has 20 heavy (non-hydrogen) atoms. The highest BCUT2D eigenvalue weighted by molar-refractivity contribution is 5.94. The van der Waals surface area contributed by atoms with Gasteiger partial charge >= 0.3 is 0 Å². The average Bonchev–Trinajstić information content (AvgIpc) is 2.43. The fourth-order valence-electron chi connectivity index (χ4n) is 1.78. The Morgan fingerprint density at radius 2 is 1.80 bits per heavy atom. The molecule has 104 valence electrons. The molecule has 1 atom stereocenters. The molecule has 2 aromatic carbocycles. The molecular weight excluding hydrogens is 252 g/mol. The van der Waals surface area contributed by atoms with E-state index in [0.717, 1.165) is 11.3 Å². The summed E-state index contributed by atoms with van der Waals surface area (Å²) < 4.78 is 5.58. The number of carbonyl (C=O) groups is 1. The van der Waals surface area contributed by atoms with Gasteiger partial charge in [-0.25, -0.2) is 0 Å². The first-order chi connectivity index (χ1) is 9.58. The average molecular weight is 270 g/mol. The lowest BCUT2D eigenvalue weighted by molar-refractivity contribution is -0.122. The molecule has 0 saturated heterocycles. The van der Waals surface area contributed by atoms with Crippen LogP contribution in [-0.2, 0) is 4.79 Å². The topological polar surface area (TPSA) is 64.3 Å². The number of hydrogen-bond donors (Lipinski definition) is 2. The Morgan fingerprint density at radius 3 is 2.50 bits per heavy atom. The monoisotopic (exact) mass is 270 g/mol. The first-order valence-electron chi connectivity index (χ1n) is 6.45. The van der Waals surface area contributed by atoms with Gasteiger partial charge in [-0.05, 0) is 37.6 Å². The van der Waals surface area contributed by atoms with Gasteiger partial charge < -0.3 is 15.8 Å². The van der Waals surface area contributed by atoms with E-state index in [1.807, 2.05) is 43.3 Å². The van der Waals surface area contributed by atoms with E-state index in [9.17, 15) is 4.79 Å². The summed E-state index contributed by atoms with van der Waals surface area (Å²) in [5, 5.41) is 2.84. The first kappa shape index (κ1) is 13.9. The fraction of sp³-hybridized carbons (Fsp3) is 0.188. The lowest BCUT2D eigenvalue weighted by Crippen LogP contribution is -2.30. The van der Waals surface area contributed by atoms with E-state index in [2.05, 4.69) is 5.32 Å². The summed E-state index contributed by atoms with van der Waals surface area (Å²) in [5.41, 5.74) is 8.10. The summed E-state index contributed by atoms with van der Waals surface area (Å²) in [4.78, 5) is 12.1. The molecule has 0 bridgehead atoms. The van der Waals surface area contributed by atoms with Crippen molar-refractivity contribution in [1.82, 2.24) is 0 Å². The lowest BCUT2D eigenvalue weighted by Gasteiger charge is -2.16. The van der Waals surface area contributed by atoms with Crippen LogP contribution in [-0.4, -0.2) is 12.0 Å². The van der Waals surface area contributed by atoms with Crippen molar-refractivity contribution in [2.45, 2.75) is 20.0 Å². The maximum Gasteiger partial charge on any atom is 0.265 e. The summed E-state index contributed by atoms with van der Waals surface area (Å²) in [6.45, 7) is 3.64. The third-order valence-electron chi connectivity index (χ3n) is 2.99. The zero-order valence-electron chi connectivity index (χ0n) is 11.6. The number of amides is 1. The van der Waals surface area contributed by atoms with Crippen molar-refractivity contribution in [1.29, 1.82) is 0 Å². The van der Waals surface area contributed by atoms with Crippen LogP contribution >= 0.6 is 0 Å². The second-order valence-electron chi connectivity index (χ2n) is 4.60. The molecule has 4 nitrogen and oxygen atoms in total. The van der Waals surface area contributed by atoms with Crippen molar-refractivity contribution in [3.63, 3.8) is 0 Å². The molecule has 4 heteroatoms. The normalized spacial score (nSPS) is 11.7. The predicted octanol–water partition coefficient (Wildman–Crippen LogP) is 2.98. The Kier molecular flexibility index (Phi) is 4.25. The SMILES string of the molecule is Cc1ccccc1NC(=O)C(C)Oc1ccccc1N. The lowest BCUT2D eigenvalue weighted by atomic mass is 10.2. The number of aryl methyl sites for hydroxylation is 1. The number of hydrogen-bond acceptors (Lipinski definition) is 3. The van der Waals surface area contributed by atoms with E-state index >= 15 is 0 Å². The summed E-state index contributed by atoms with van der Waals surface area (Å²) in [7, 11) is 0. The van der Waals surface area contributed by atoms with Crippen molar-refractivity contribution >= 4 is 17.3 Å². The zero-order chi connectivity index (χ0) is 14.5. The van der Waals surface area contributed by atoms with Gasteiger partial charge in [0.1, 0.15) is 5.75 Å². The molecule has 0 spiro atoms. The van der Waals surface area contributed by atoms with Gasteiger partial charge in [-0.2, -0.15) is 0 Å². The van der Waals surface area contributed by atoms with Crippen LogP contribution in [0.1, 0.15) is 12.5 Å². The second kappa shape index (κ2) is 6.10. The van der Waals surface area contributed by atoms with Crippen molar-refractivity contribution in [3.8, 4) is 5.75 Å². The highest BCUT2D eigenvalue weighted by atomic mass is 16.5.